The van der Waals surface area contributed by atoms with Gasteiger partial charge in [0, 0.05) is 36.8 Å². The van der Waals surface area contributed by atoms with Gasteiger partial charge in [-0.3, -0.25) is 9.59 Å². The predicted octanol–water partition coefficient (Wildman–Crippen LogP) is 3.74. The van der Waals surface area contributed by atoms with Crippen LogP contribution in [-0.4, -0.2) is 25.0 Å². The summed E-state index contributed by atoms with van der Waals surface area (Å²) in [6.07, 6.45) is 4.09. The predicted molar refractivity (Wildman–Crippen MR) is 102 cm³/mol. The van der Waals surface area contributed by atoms with Gasteiger partial charge in [0.1, 0.15) is 5.75 Å². The molecule has 3 rings (SSSR count). The first-order valence-electron chi connectivity index (χ1n) is 8.92. The smallest absolute Gasteiger partial charge is 0.387 e. The van der Waals surface area contributed by atoms with E-state index in [1.165, 1.54) is 18.2 Å². The van der Waals surface area contributed by atoms with Gasteiger partial charge in [-0.05, 0) is 36.3 Å². The fraction of sp³-hybridized carbons (Fsp3) is 0.238. The number of rotatable bonds is 7. The van der Waals surface area contributed by atoms with Gasteiger partial charge >= 0.3 is 6.61 Å². The maximum atomic E-state index is 12.4. The third-order valence-electron chi connectivity index (χ3n) is 4.31. The van der Waals surface area contributed by atoms with Crippen molar-refractivity contribution in [3.05, 3.63) is 65.7 Å². The van der Waals surface area contributed by atoms with Crippen LogP contribution in [0.1, 0.15) is 24.0 Å². The van der Waals surface area contributed by atoms with Crippen molar-refractivity contribution in [2.75, 3.05) is 11.4 Å². The van der Waals surface area contributed by atoms with Crippen LogP contribution in [0, 0.1) is 0 Å². The molecule has 2 aromatic rings. The molecule has 0 spiro atoms. The molecule has 0 atom stereocenters. The molecule has 0 saturated carbocycles. The lowest BCUT2D eigenvalue weighted by Gasteiger charge is -2.16. The number of carbonyl (C=O) groups is 2. The van der Waals surface area contributed by atoms with Crippen LogP contribution in [-0.2, 0) is 16.1 Å². The van der Waals surface area contributed by atoms with Crippen molar-refractivity contribution in [2.45, 2.75) is 26.0 Å². The Labute approximate surface area is 161 Å². The Kier molecular flexibility index (Phi) is 6.37. The van der Waals surface area contributed by atoms with Gasteiger partial charge in [0.25, 0.3) is 0 Å². The topological polar surface area (TPSA) is 58.6 Å². The number of carbonyl (C=O) groups excluding carboxylic acids is 2. The number of nitrogens with one attached hydrogen (secondary N) is 1. The number of ether oxygens (including phenoxy) is 1. The van der Waals surface area contributed by atoms with Crippen LogP contribution >= 0.6 is 0 Å². The molecule has 5 nitrogen and oxygen atoms in total. The summed E-state index contributed by atoms with van der Waals surface area (Å²) in [7, 11) is 0. The maximum Gasteiger partial charge on any atom is 0.387 e. The minimum atomic E-state index is -2.93. The molecule has 2 aromatic carbocycles. The van der Waals surface area contributed by atoms with Crippen molar-refractivity contribution < 1.29 is 23.1 Å². The molecule has 1 aliphatic heterocycles. The first-order chi connectivity index (χ1) is 13.5. The number of benzene rings is 2. The number of anilines is 1. The van der Waals surface area contributed by atoms with E-state index in [4.69, 9.17) is 0 Å². The molecule has 1 N–H and O–H groups in total. The van der Waals surface area contributed by atoms with E-state index in [2.05, 4.69) is 10.1 Å². The monoisotopic (exact) mass is 386 g/mol. The van der Waals surface area contributed by atoms with Gasteiger partial charge < -0.3 is 15.0 Å². The summed E-state index contributed by atoms with van der Waals surface area (Å²) in [5, 5.41) is 2.74. The van der Waals surface area contributed by atoms with E-state index in [0.717, 1.165) is 17.7 Å². The molecule has 0 aliphatic carbocycles. The minimum Gasteiger partial charge on any atom is -0.434 e. The van der Waals surface area contributed by atoms with E-state index < -0.39 is 6.61 Å². The van der Waals surface area contributed by atoms with Gasteiger partial charge in [0.15, 0.2) is 0 Å². The number of alkyl halides is 2. The Hall–Kier alpha value is -3.22. The fourth-order valence-corrected chi connectivity index (χ4v) is 2.99. The average Bonchev–Trinajstić information content (AvgIpc) is 3.11. The summed E-state index contributed by atoms with van der Waals surface area (Å²) in [6, 6.07) is 13.7. The number of para-hydroxylation sites is 1. The summed E-state index contributed by atoms with van der Waals surface area (Å²) in [5.41, 5.74) is 2.07. The largest absolute Gasteiger partial charge is 0.434 e. The molecular formula is C21H20F2N2O3. The standard InChI is InChI=1S/C21H20F2N2O3/c22-21(23)28-18-8-2-1-6-16(18)10-11-19(26)24-14-15-5-3-7-17(13-15)25-12-4-9-20(25)27/h1-3,5-8,10-11,13,21H,4,9,12,14H2,(H,24,26)/b11-10+. The van der Waals surface area contributed by atoms with Crippen LogP contribution in [0.4, 0.5) is 14.5 Å². The molecule has 0 bridgehead atoms. The van der Waals surface area contributed by atoms with E-state index in [0.29, 0.717) is 18.5 Å². The Balaban J connectivity index is 1.59. The van der Waals surface area contributed by atoms with Crippen LogP contribution in [0.15, 0.2) is 54.6 Å². The second kappa shape index (κ2) is 9.12. The maximum absolute atomic E-state index is 12.4. The second-order valence-corrected chi connectivity index (χ2v) is 6.29. The number of amides is 2. The first kappa shape index (κ1) is 19.5. The molecule has 0 unspecified atom stereocenters. The second-order valence-electron chi connectivity index (χ2n) is 6.29. The molecule has 146 valence electrons. The van der Waals surface area contributed by atoms with E-state index in [9.17, 15) is 18.4 Å². The van der Waals surface area contributed by atoms with Crippen molar-refractivity contribution in [3.8, 4) is 5.75 Å². The SMILES string of the molecule is O=C(/C=C/c1ccccc1OC(F)F)NCc1cccc(N2CCCC2=O)c1. The summed E-state index contributed by atoms with van der Waals surface area (Å²) in [6.45, 7) is -1.94. The number of halogens is 2. The van der Waals surface area contributed by atoms with Gasteiger partial charge in [0.2, 0.25) is 11.8 Å². The van der Waals surface area contributed by atoms with E-state index in [1.54, 1.807) is 23.1 Å². The lowest BCUT2D eigenvalue weighted by atomic mass is 10.1. The Morgan fingerprint density at radius 1 is 1.21 bits per heavy atom. The van der Waals surface area contributed by atoms with Crippen molar-refractivity contribution in [2.24, 2.45) is 0 Å². The lowest BCUT2D eigenvalue weighted by Crippen LogP contribution is -2.24. The van der Waals surface area contributed by atoms with Gasteiger partial charge in [0.05, 0.1) is 0 Å². The third kappa shape index (κ3) is 5.16. The highest BCUT2D eigenvalue weighted by atomic mass is 19.3. The highest BCUT2D eigenvalue weighted by molar-refractivity contribution is 5.95. The number of nitrogens with zero attached hydrogens (tertiary/aromatic N) is 1. The number of hydrogen-bond donors (Lipinski definition) is 1. The highest BCUT2D eigenvalue weighted by Gasteiger charge is 2.21. The Bertz CT molecular complexity index is 883. The Morgan fingerprint density at radius 2 is 2.04 bits per heavy atom. The van der Waals surface area contributed by atoms with E-state index >= 15 is 0 Å². The zero-order chi connectivity index (χ0) is 19.9. The van der Waals surface area contributed by atoms with Gasteiger partial charge in [-0.1, -0.05) is 30.3 Å². The summed E-state index contributed by atoms with van der Waals surface area (Å²) < 4.78 is 29.3. The summed E-state index contributed by atoms with van der Waals surface area (Å²) in [5.74, 6) is -0.257. The van der Waals surface area contributed by atoms with Crippen molar-refractivity contribution >= 4 is 23.6 Å². The zero-order valence-electron chi connectivity index (χ0n) is 15.1. The fourth-order valence-electron chi connectivity index (χ4n) is 2.99. The highest BCUT2D eigenvalue weighted by Crippen LogP contribution is 2.23. The molecule has 1 saturated heterocycles. The number of hydrogen-bond acceptors (Lipinski definition) is 3. The first-order valence-corrected chi connectivity index (χ1v) is 8.92. The van der Waals surface area contributed by atoms with E-state index in [1.807, 2.05) is 24.3 Å². The van der Waals surface area contributed by atoms with E-state index in [-0.39, 0.29) is 24.1 Å². The molecule has 0 aromatic heterocycles. The van der Waals surface area contributed by atoms with Crippen LogP contribution in [0.5, 0.6) is 5.75 Å². The van der Waals surface area contributed by atoms with Crippen LogP contribution < -0.4 is 15.0 Å². The van der Waals surface area contributed by atoms with Gasteiger partial charge in [-0.2, -0.15) is 8.78 Å². The zero-order valence-corrected chi connectivity index (χ0v) is 15.1. The molecule has 1 heterocycles. The Morgan fingerprint density at radius 3 is 2.79 bits per heavy atom. The van der Waals surface area contributed by atoms with Crippen molar-refractivity contribution in [3.63, 3.8) is 0 Å². The van der Waals surface area contributed by atoms with Crippen molar-refractivity contribution in [1.82, 2.24) is 5.32 Å². The van der Waals surface area contributed by atoms with Gasteiger partial charge in [-0.15, -0.1) is 0 Å². The molecule has 28 heavy (non-hydrogen) atoms. The minimum absolute atomic E-state index is 0.00420. The quantitative estimate of drug-likeness (QED) is 0.738. The summed E-state index contributed by atoms with van der Waals surface area (Å²) in [4.78, 5) is 25.7. The normalized spacial score (nSPS) is 14.1. The molecular weight excluding hydrogens is 366 g/mol. The molecule has 2 amide bonds. The lowest BCUT2D eigenvalue weighted by molar-refractivity contribution is -0.117. The summed E-state index contributed by atoms with van der Waals surface area (Å²) >= 11 is 0. The molecule has 1 fully saturated rings. The molecule has 7 heteroatoms. The third-order valence-corrected chi connectivity index (χ3v) is 4.31. The van der Waals surface area contributed by atoms with Crippen LogP contribution in [0.2, 0.25) is 0 Å². The molecule has 1 aliphatic rings. The van der Waals surface area contributed by atoms with Crippen LogP contribution in [0.3, 0.4) is 0 Å². The van der Waals surface area contributed by atoms with Crippen molar-refractivity contribution in [1.29, 1.82) is 0 Å². The van der Waals surface area contributed by atoms with Gasteiger partial charge in [-0.25, -0.2) is 0 Å². The average molecular weight is 386 g/mol. The van der Waals surface area contributed by atoms with Crippen LogP contribution in [0.25, 0.3) is 6.08 Å². The molecule has 0 radical (unpaired) electrons.